The Balaban J connectivity index is 2.56. The molecule has 0 aromatic carbocycles. The predicted molar refractivity (Wildman–Crippen MR) is 36.1 cm³/mol. The molecule has 0 fully saturated rings. The zero-order chi connectivity index (χ0) is 5.54. The van der Waals surface area contributed by atoms with Crippen LogP contribution in [0.1, 0.15) is 0 Å². The smallest absolute Gasteiger partial charge is 0.133 e. The molecule has 0 atom stereocenters. The highest BCUT2D eigenvalue weighted by molar-refractivity contribution is 14.1. The minimum absolute atomic E-state index is 0.461. The highest BCUT2D eigenvalue weighted by Gasteiger charge is 1.75. The van der Waals surface area contributed by atoms with Gasteiger partial charge in [0.1, 0.15) is 11.2 Å². The highest BCUT2D eigenvalue weighted by atomic mass is 127. The van der Waals surface area contributed by atoms with Crippen molar-refractivity contribution in [2.75, 3.05) is 11.2 Å². The minimum atomic E-state index is 0.461. The van der Waals surface area contributed by atoms with E-state index in [2.05, 4.69) is 16.4 Å². The molecule has 0 rings (SSSR count). The lowest BCUT2D eigenvalue weighted by molar-refractivity contribution is -0.266. The molecule has 0 aromatic rings. The van der Waals surface area contributed by atoms with E-state index in [1.807, 2.05) is 22.6 Å². The summed E-state index contributed by atoms with van der Waals surface area (Å²) in [6, 6.07) is 0. The van der Waals surface area contributed by atoms with Gasteiger partial charge in [-0.25, -0.2) is 9.78 Å². The predicted octanol–water partition coefficient (Wildman–Crippen LogP) is 1.51. The molecule has 0 aliphatic heterocycles. The SMILES string of the molecule is C=CCOOCI. The summed E-state index contributed by atoms with van der Waals surface area (Å²) >= 11 is 2.05. The Hall–Kier alpha value is 0.390. The first-order valence-electron chi connectivity index (χ1n) is 1.83. The summed E-state index contributed by atoms with van der Waals surface area (Å²) in [5, 5.41) is 0. The lowest BCUT2D eigenvalue weighted by Crippen LogP contribution is -1.89. The van der Waals surface area contributed by atoms with Crippen LogP contribution < -0.4 is 0 Å². The maximum Gasteiger partial charge on any atom is 0.133 e. The molecule has 0 saturated carbocycles. The van der Waals surface area contributed by atoms with Crippen molar-refractivity contribution in [3.8, 4) is 0 Å². The van der Waals surface area contributed by atoms with Gasteiger partial charge < -0.3 is 0 Å². The quantitative estimate of drug-likeness (QED) is 0.176. The van der Waals surface area contributed by atoms with Crippen molar-refractivity contribution in [2.45, 2.75) is 0 Å². The Kier molecular flexibility index (Phi) is 6.75. The fourth-order valence-electron chi connectivity index (χ4n) is 0.128. The van der Waals surface area contributed by atoms with Crippen LogP contribution >= 0.6 is 22.6 Å². The van der Waals surface area contributed by atoms with Gasteiger partial charge in [0.2, 0.25) is 0 Å². The van der Waals surface area contributed by atoms with Crippen molar-refractivity contribution >= 4 is 22.6 Å². The normalized spacial score (nSPS) is 8.71. The Morgan fingerprint density at radius 3 is 2.71 bits per heavy atom. The van der Waals surface area contributed by atoms with E-state index in [0.717, 1.165) is 0 Å². The molecule has 42 valence electrons. The van der Waals surface area contributed by atoms with Crippen LogP contribution in [0.4, 0.5) is 0 Å². The van der Waals surface area contributed by atoms with Crippen molar-refractivity contribution in [3.63, 3.8) is 0 Å². The molecule has 0 unspecified atom stereocenters. The van der Waals surface area contributed by atoms with E-state index >= 15 is 0 Å². The van der Waals surface area contributed by atoms with E-state index in [1.165, 1.54) is 0 Å². The van der Waals surface area contributed by atoms with Crippen LogP contribution in [0.25, 0.3) is 0 Å². The second-order valence-electron chi connectivity index (χ2n) is 0.800. The van der Waals surface area contributed by atoms with Gasteiger partial charge in [-0.3, -0.25) is 0 Å². The number of hydrogen-bond acceptors (Lipinski definition) is 2. The second kappa shape index (κ2) is 6.39. The zero-order valence-corrected chi connectivity index (χ0v) is 6.05. The van der Waals surface area contributed by atoms with Gasteiger partial charge in [-0.2, -0.15) is 0 Å². The first-order chi connectivity index (χ1) is 3.41. The molecule has 7 heavy (non-hydrogen) atoms. The van der Waals surface area contributed by atoms with Crippen LogP contribution in [0, 0.1) is 0 Å². The lowest BCUT2D eigenvalue weighted by Gasteiger charge is -1.92. The molecule has 0 heterocycles. The topological polar surface area (TPSA) is 18.5 Å². The average Bonchev–Trinajstić information content (AvgIpc) is 1.69. The largest absolute Gasteiger partial charge is 0.232 e. The third-order valence-corrected chi connectivity index (χ3v) is 0.568. The third kappa shape index (κ3) is 6.39. The Labute approximate surface area is 56.6 Å². The second-order valence-corrected chi connectivity index (χ2v) is 1.42. The van der Waals surface area contributed by atoms with Crippen LogP contribution in [-0.4, -0.2) is 11.2 Å². The van der Waals surface area contributed by atoms with Crippen LogP contribution in [0.15, 0.2) is 12.7 Å². The molecule has 0 aromatic heterocycles. The summed E-state index contributed by atoms with van der Waals surface area (Å²) in [5.74, 6) is 0. The lowest BCUT2D eigenvalue weighted by atomic mass is 10.7. The summed E-state index contributed by atoms with van der Waals surface area (Å²) < 4.78 is 0.561. The Morgan fingerprint density at radius 2 is 2.29 bits per heavy atom. The van der Waals surface area contributed by atoms with Gasteiger partial charge in [0.15, 0.2) is 0 Å². The van der Waals surface area contributed by atoms with Gasteiger partial charge in [0.05, 0.1) is 0 Å². The molecule has 2 nitrogen and oxygen atoms in total. The summed E-state index contributed by atoms with van der Waals surface area (Å²) in [6.45, 7) is 3.89. The molecular weight excluding hydrogens is 207 g/mol. The standard InChI is InChI=1S/C4H7IO2/c1-2-3-6-7-4-5/h2H,1,3-4H2. The van der Waals surface area contributed by atoms with E-state index in [9.17, 15) is 0 Å². The van der Waals surface area contributed by atoms with E-state index in [0.29, 0.717) is 11.2 Å². The molecule has 0 aliphatic rings. The summed E-state index contributed by atoms with van der Waals surface area (Å²) in [4.78, 5) is 9.00. The Bertz CT molecular complexity index is 47.0. The van der Waals surface area contributed by atoms with Crippen molar-refractivity contribution in [1.82, 2.24) is 0 Å². The molecule has 0 spiro atoms. The maximum absolute atomic E-state index is 4.51. The monoisotopic (exact) mass is 214 g/mol. The highest BCUT2D eigenvalue weighted by Crippen LogP contribution is 1.84. The number of alkyl halides is 1. The van der Waals surface area contributed by atoms with Crippen LogP contribution in [0.3, 0.4) is 0 Å². The molecule has 0 N–H and O–H groups in total. The van der Waals surface area contributed by atoms with E-state index in [-0.39, 0.29) is 0 Å². The van der Waals surface area contributed by atoms with Crippen molar-refractivity contribution in [2.24, 2.45) is 0 Å². The van der Waals surface area contributed by atoms with Crippen molar-refractivity contribution in [3.05, 3.63) is 12.7 Å². The molecule has 3 heteroatoms. The average molecular weight is 214 g/mol. The maximum atomic E-state index is 4.51. The molecule has 0 aliphatic carbocycles. The third-order valence-electron chi connectivity index (χ3n) is 0.314. The summed E-state index contributed by atoms with van der Waals surface area (Å²) in [6.07, 6.45) is 1.63. The zero-order valence-electron chi connectivity index (χ0n) is 3.89. The van der Waals surface area contributed by atoms with E-state index in [1.54, 1.807) is 6.08 Å². The van der Waals surface area contributed by atoms with Crippen molar-refractivity contribution < 1.29 is 9.78 Å². The van der Waals surface area contributed by atoms with Gasteiger partial charge in [-0.15, -0.1) is 6.58 Å². The molecule has 0 amide bonds. The van der Waals surface area contributed by atoms with E-state index in [4.69, 9.17) is 0 Å². The molecule has 0 bridgehead atoms. The summed E-state index contributed by atoms with van der Waals surface area (Å²) in [5.41, 5.74) is 0. The van der Waals surface area contributed by atoms with Gasteiger partial charge in [0, 0.05) is 0 Å². The van der Waals surface area contributed by atoms with Crippen LogP contribution in [0.2, 0.25) is 0 Å². The molecule has 0 saturated heterocycles. The van der Waals surface area contributed by atoms with E-state index < -0.39 is 0 Å². The Morgan fingerprint density at radius 1 is 1.57 bits per heavy atom. The number of halogens is 1. The fourth-order valence-corrected chi connectivity index (χ4v) is 0.308. The summed E-state index contributed by atoms with van der Waals surface area (Å²) in [7, 11) is 0. The van der Waals surface area contributed by atoms with Gasteiger partial charge in [0.25, 0.3) is 0 Å². The van der Waals surface area contributed by atoms with Gasteiger partial charge in [-0.05, 0) is 0 Å². The van der Waals surface area contributed by atoms with Gasteiger partial charge >= 0.3 is 0 Å². The first kappa shape index (κ1) is 7.39. The first-order valence-corrected chi connectivity index (χ1v) is 3.35. The fraction of sp³-hybridized carbons (Fsp3) is 0.500. The van der Waals surface area contributed by atoms with Crippen LogP contribution in [-0.2, 0) is 9.78 Å². The number of hydrogen-bond donors (Lipinski definition) is 0. The molecule has 0 radical (unpaired) electrons. The molecular formula is C4H7IO2. The van der Waals surface area contributed by atoms with Gasteiger partial charge in [-0.1, -0.05) is 28.7 Å². The minimum Gasteiger partial charge on any atom is -0.232 e. The number of rotatable bonds is 4. The van der Waals surface area contributed by atoms with Crippen LogP contribution in [0.5, 0.6) is 0 Å². The van der Waals surface area contributed by atoms with Crippen molar-refractivity contribution in [1.29, 1.82) is 0 Å².